The monoisotopic (exact) mass is 554 g/mol. The van der Waals surface area contributed by atoms with Crippen LogP contribution < -0.4 is 15.0 Å². The Kier molecular flexibility index (Phi) is 6.63. The van der Waals surface area contributed by atoms with Crippen LogP contribution in [0.15, 0.2) is 71.9 Å². The first-order valence-electron chi connectivity index (χ1n) is 14.3. The van der Waals surface area contributed by atoms with E-state index in [1.807, 2.05) is 32.0 Å². The zero-order valence-electron chi connectivity index (χ0n) is 23.8. The number of para-hydroxylation sites is 1. The molecule has 0 radical (unpaired) electrons. The van der Waals surface area contributed by atoms with E-state index in [4.69, 9.17) is 4.74 Å². The van der Waals surface area contributed by atoms with Crippen LogP contribution in [0.3, 0.4) is 0 Å². The third-order valence-corrected chi connectivity index (χ3v) is 8.36. The number of aryl methyl sites for hydroxylation is 1. The fourth-order valence-corrected chi connectivity index (χ4v) is 6.47. The number of benzene rings is 3. The summed E-state index contributed by atoms with van der Waals surface area (Å²) in [5, 5.41) is 14.2. The lowest BCUT2D eigenvalue weighted by Crippen LogP contribution is -2.41. The van der Waals surface area contributed by atoms with Crippen molar-refractivity contribution >= 4 is 23.1 Å². The molecular formula is C34H35FN2O4. The molecule has 0 aromatic heterocycles. The number of hydrogen-bond acceptors (Lipinski definition) is 5. The van der Waals surface area contributed by atoms with Gasteiger partial charge in [-0.1, -0.05) is 58.0 Å². The Morgan fingerprint density at radius 3 is 2.61 bits per heavy atom. The van der Waals surface area contributed by atoms with Gasteiger partial charge in [0.05, 0.1) is 11.7 Å². The molecule has 2 N–H and O–H groups in total. The molecule has 212 valence electrons. The summed E-state index contributed by atoms with van der Waals surface area (Å²) in [6.07, 6.45) is 2.33. The minimum absolute atomic E-state index is 0.0477. The Hall–Kier alpha value is -4.13. The van der Waals surface area contributed by atoms with Gasteiger partial charge in [0, 0.05) is 35.2 Å². The highest BCUT2D eigenvalue weighted by Gasteiger charge is 2.45. The average molecular weight is 555 g/mol. The standard InChI is InChI=1S/C34H35FN2O4/c1-19(2)33(40)37-26-10-7-11-27(38)31(26)36-25-17-34(3,4)18-28(39)30(25)32(37)23-14-13-21(16-24(23)35)41-29-15-12-20-8-5-6-9-22(20)29/h5-11,13-14,16,19,29,32,36,38H,12,15,17-18H2,1-4H3. The maximum Gasteiger partial charge on any atom is 0.230 e. The van der Waals surface area contributed by atoms with Gasteiger partial charge >= 0.3 is 0 Å². The first-order chi connectivity index (χ1) is 19.5. The molecule has 6 nitrogen and oxygen atoms in total. The van der Waals surface area contributed by atoms with Crippen LogP contribution >= 0.6 is 0 Å². The molecule has 1 amide bonds. The summed E-state index contributed by atoms with van der Waals surface area (Å²) in [5.41, 5.74) is 3.90. The predicted octanol–water partition coefficient (Wildman–Crippen LogP) is 7.40. The van der Waals surface area contributed by atoms with Crippen LogP contribution in [0.25, 0.3) is 0 Å². The van der Waals surface area contributed by atoms with Gasteiger partial charge in [-0.2, -0.15) is 0 Å². The summed E-state index contributed by atoms with van der Waals surface area (Å²) in [5.74, 6) is -1.09. The number of nitrogens with zero attached hydrogens (tertiary/aromatic N) is 1. The number of ether oxygens (including phenoxy) is 1. The minimum atomic E-state index is -1.01. The summed E-state index contributed by atoms with van der Waals surface area (Å²) in [6, 6.07) is 16.7. The van der Waals surface area contributed by atoms with E-state index in [1.54, 1.807) is 38.1 Å². The van der Waals surface area contributed by atoms with Crippen molar-refractivity contribution in [2.45, 2.75) is 65.5 Å². The zero-order valence-corrected chi connectivity index (χ0v) is 23.8. The van der Waals surface area contributed by atoms with Crippen molar-refractivity contribution in [2.24, 2.45) is 11.3 Å². The Bertz CT molecular complexity index is 1590. The van der Waals surface area contributed by atoms with Crippen LogP contribution in [-0.4, -0.2) is 16.8 Å². The molecule has 2 unspecified atom stereocenters. The Labute approximate surface area is 239 Å². The van der Waals surface area contributed by atoms with E-state index >= 15 is 4.39 Å². The molecule has 0 fully saturated rings. The van der Waals surface area contributed by atoms with E-state index in [-0.39, 0.29) is 40.9 Å². The molecule has 6 rings (SSSR count). The third kappa shape index (κ3) is 4.77. The molecule has 2 atom stereocenters. The van der Waals surface area contributed by atoms with Crippen molar-refractivity contribution < 1.29 is 23.8 Å². The molecule has 3 aromatic carbocycles. The predicted molar refractivity (Wildman–Crippen MR) is 156 cm³/mol. The van der Waals surface area contributed by atoms with Gasteiger partial charge in [-0.15, -0.1) is 0 Å². The van der Waals surface area contributed by atoms with Crippen molar-refractivity contribution in [2.75, 3.05) is 10.2 Å². The number of amides is 1. The lowest BCUT2D eigenvalue weighted by atomic mass is 9.73. The minimum Gasteiger partial charge on any atom is -0.506 e. The van der Waals surface area contributed by atoms with Crippen LogP contribution in [0.5, 0.6) is 11.5 Å². The van der Waals surface area contributed by atoms with E-state index in [9.17, 15) is 14.7 Å². The zero-order chi connectivity index (χ0) is 29.1. The van der Waals surface area contributed by atoms with Crippen LogP contribution in [0.1, 0.15) is 75.8 Å². The molecule has 0 bridgehead atoms. The summed E-state index contributed by atoms with van der Waals surface area (Å²) in [6.45, 7) is 7.56. The van der Waals surface area contributed by atoms with E-state index in [2.05, 4.69) is 11.4 Å². The number of anilines is 2. The van der Waals surface area contributed by atoms with Crippen molar-refractivity contribution in [3.63, 3.8) is 0 Å². The fraction of sp³-hybridized carbons (Fsp3) is 0.353. The molecule has 2 aliphatic carbocycles. The van der Waals surface area contributed by atoms with Crippen molar-refractivity contribution in [1.82, 2.24) is 0 Å². The largest absolute Gasteiger partial charge is 0.506 e. The van der Waals surface area contributed by atoms with Gasteiger partial charge in [0.2, 0.25) is 5.91 Å². The second-order valence-corrected chi connectivity index (χ2v) is 12.4. The number of allylic oxidation sites excluding steroid dienone is 1. The number of hydrogen-bond donors (Lipinski definition) is 2. The van der Waals surface area contributed by atoms with E-state index < -0.39 is 17.8 Å². The van der Waals surface area contributed by atoms with Gasteiger partial charge in [0.25, 0.3) is 0 Å². The van der Waals surface area contributed by atoms with Crippen LogP contribution in [0.2, 0.25) is 0 Å². The number of carbonyl (C=O) groups is 2. The van der Waals surface area contributed by atoms with Gasteiger partial charge in [-0.05, 0) is 60.1 Å². The Morgan fingerprint density at radius 2 is 1.85 bits per heavy atom. The first kappa shape index (κ1) is 27.1. The van der Waals surface area contributed by atoms with Crippen LogP contribution in [-0.2, 0) is 16.0 Å². The number of nitrogens with one attached hydrogen (secondary N) is 1. The third-order valence-electron chi connectivity index (χ3n) is 8.36. The molecule has 1 heterocycles. The number of phenols is 1. The summed E-state index contributed by atoms with van der Waals surface area (Å²) >= 11 is 0. The SMILES string of the molecule is CC(C)C(=O)N1c2cccc(O)c2NC2=C(C(=O)CC(C)(C)C2)C1c1ccc(OC2CCc3ccccc32)cc1F. The second kappa shape index (κ2) is 10.1. The Morgan fingerprint density at radius 1 is 1.07 bits per heavy atom. The number of ketones is 1. The van der Waals surface area contributed by atoms with Crippen molar-refractivity contribution in [3.05, 3.63) is 94.4 Å². The fourth-order valence-electron chi connectivity index (χ4n) is 6.47. The number of halogens is 1. The smallest absolute Gasteiger partial charge is 0.230 e. The average Bonchev–Trinajstić information content (AvgIpc) is 3.24. The molecule has 7 heteroatoms. The number of Topliss-reactive ketones (excluding diaryl/α,β-unsaturated/α-hetero) is 1. The molecule has 0 saturated heterocycles. The van der Waals surface area contributed by atoms with Gasteiger partial charge < -0.3 is 15.2 Å². The molecule has 3 aromatic rings. The number of fused-ring (bicyclic) bond motifs is 2. The molecule has 0 saturated carbocycles. The first-order valence-corrected chi connectivity index (χ1v) is 14.3. The lowest BCUT2D eigenvalue weighted by molar-refractivity contribution is -0.122. The molecule has 1 aliphatic heterocycles. The summed E-state index contributed by atoms with van der Waals surface area (Å²) in [7, 11) is 0. The highest BCUT2D eigenvalue weighted by Crippen LogP contribution is 2.51. The topological polar surface area (TPSA) is 78.9 Å². The van der Waals surface area contributed by atoms with Gasteiger partial charge in [-0.3, -0.25) is 14.5 Å². The maximum absolute atomic E-state index is 16.2. The van der Waals surface area contributed by atoms with Gasteiger partial charge in [0.15, 0.2) is 5.78 Å². The van der Waals surface area contributed by atoms with E-state index in [1.165, 1.54) is 22.6 Å². The molecular weight excluding hydrogens is 519 g/mol. The summed E-state index contributed by atoms with van der Waals surface area (Å²) in [4.78, 5) is 29.2. The number of aromatic hydroxyl groups is 1. The van der Waals surface area contributed by atoms with Gasteiger partial charge in [-0.25, -0.2) is 4.39 Å². The number of carbonyl (C=O) groups excluding carboxylic acids is 2. The van der Waals surface area contributed by atoms with Crippen LogP contribution in [0, 0.1) is 17.2 Å². The van der Waals surface area contributed by atoms with E-state index in [0.29, 0.717) is 34.8 Å². The molecule has 0 spiro atoms. The Balaban J connectivity index is 1.49. The quantitative estimate of drug-likeness (QED) is 0.329. The van der Waals surface area contributed by atoms with E-state index in [0.717, 1.165) is 18.4 Å². The molecule has 3 aliphatic rings. The maximum atomic E-state index is 16.2. The van der Waals surface area contributed by atoms with Crippen molar-refractivity contribution in [1.29, 1.82) is 0 Å². The molecule has 41 heavy (non-hydrogen) atoms. The van der Waals surface area contributed by atoms with Crippen molar-refractivity contribution in [3.8, 4) is 11.5 Å². The number of rotatable bonds is 4. The second-order valence-electron chi connectivity index (χ2n) is 12.4. The van der Waals surface area contributed by atoms with Crippen LogP contribution in [0.4, 0.5) is 15.8 Å². The number of phenolic OH excluding ortho intramolecular Hbond substituents is 1. The normalized spacial score (nSPS) is 21.1. The lowest BCUT2D eigenvalue weighted by Gasteiger charge is -2.37. The van der Waals surface area contributed by atoms with Gasteiger partial charge in [0.1, 0.15) is 29.1 Å². The highest BCUT2D eigenvalue weighted by molar-refractivity contribution is 6.07. The summed E-state index contributed by atoms with van der Waals surface area (Å²) < 4.78 is 22.5. The highest BCUT2D eigenvalue weighted by atomic mass is 19.1.